The molecule has 108 valence electrons. The fourth-order valence-electron chi connectivity index (χ4n) is 1.99. The van der Waals surface area contributed by atoms with E-state index in [1.807, 2.05) is 17.1 Å². The Balaban J connectivity index is 2.05. The number of hydrogen-bond acceptors (Lipinski definition) is 2. The van der Waals surface area contributed by atoms with Crippen molar-refractivity contribution in [2.24, 2.45) is 0 Å². The molecule has 1 heterocycles. The number of benzene rings is 1. The van der Waals surface area contributed by atoms with Gasteiger partial charge in [0.15, 0.2) is 0 Å². The molecule has 0 saturated heterocycles. The minimum Gasteiger partial charge on any atom is -0.310 e. The molecule has 5 heteroatoms. The monoisotopic (exact) mass is 295 g/mol. The predicted molar refractivity (Wildman–Crippen MR) is 79.4 cm³/mol. The van der Waals surface area contributed by atoms with Crippen molar-refractivity contribution in [1.82, 2.24) is 15.1 Å². The van der Waals surface area contributed by atoms with E-state index in [1.54, 1.807) is 6.07 Å². The molecule has 0 fully saturated rings. The highest BCUT2D eigenvalue weighted by molar-refractivity contribution is 6.31. The number of rotatable bonds is 6. The first kappa shape index (κ1) is 15.0. The van der Waals surface area contributed by atoms with Gasteiger partial charge in [0, 0.05) is 22.8 Å². The third-order valence-electron chi connectivity index (χ3n) is 3.20. The van der Waals surface area contributed by atoms with Crippen LogP contribution >= 0.6 is 11.6 Å². The first-order valence-corrected chi connectivity index (χ1v) is 7.17. The van der Waals surface area contributed by atoms with Gasteiger partial charge >= 0.3 is 0 Å². The summed E-state index contributed by atoms with van der Waals surface area (Å²) in [6.07, 6.45) is 4.95. The number of nitrogens with zero attached hydrogens (tertiary/aromatic N) is 2. The Labute approximate surface area is 123 Å². The Kier molecular flexibility index (Phi) is 5.15. The molecule has 0 aliphatic rings. The average molecular weight is 296 g/mol. The van der Waals surface area contributed by atoms with Crippen LogP contribution in [0.25, 0.3) is 0 Å². The minimum atomic E-state index is -0.322. The normalized spacial score (nSPS) is 12.6. The van der Waals surface area contributed by atoms with Gasteiger partial charge in [0.05, 0.1) is 12.7 Å². The van der Waals surface area contributed by atoms with Gasteiger partial charge in [0.1, 0.15) is 5.82 Å². The second-order valence-electron chi connectivity index (χ2n) is 4.88. The van der Waals surface area contributed by atoms with E-state index in [0.717, 1.165) is 24.1 Å². The number of hydrogen-bond donors (Lipinski definition) is 1. The molecule has 1 aromatic heterocycles. The lowest BCUT2D eigenvalue weighted by Crippen LogP contribution is -2.18. The van der Waals surface area contributed by atoms with Crippen LogP contribution in [0.5, 0.6) is 0 Å². The maximum Gasteiger partial charge on any atom is 0.124 e. The summed E-state index contributed by atoms with van der Waals surface area (Å²) in [5.41, 5.74) is 1.99. The molecule has 0 saturated carbocycles. The van der Waals surface area contributed by atoms with Crippen molar-refractivity contribution >= 4 is 11.6 Å². The molecule has 1 unspecified atom stereocenters. The molecule has 2 aromatic rings. The maximum atomic E-state index is 13.0. The summed E-state index contributed by atoms with van der Waals surface area (Å²) in [5, 5.41) is 8.17. The van der Waals surface area contributed by atoms with E-state index in [0.29, 0.717) is 11.6 Å². The minimum absolute atomic E-state index is 0.271. The van der Waals surface area contributed by atoms with Crippen LogP contribution in [-0.4, -0.2) is 16.3 Å². The van der Waals surface area contributed by atoms with Crippen LogP contribution in [0, 0.1) is 5.82 Å². The molecule has 0 bridgehead atoms. The molecule has 1 atom stereocenters. The van der Waals surface area contributed by atoms with Crippen molar-refractivity contribution in [2.75, 3.05) is 6.54 Å². The fourth-order valence-corrected chi connectivity index (χ4v) is 2.22. The van der Waals surface area contributed by atoms with Crippen LogP contribution in [0.1, 0.15) is 37.4 Å². The van der Waals surface area contributed by atoms with Crippen molar-refractivity contribution in [3.63, 3.8) is 0 Å². The van der Waals surface area contributed by atoms with Crippen molar-refractivity contribution < 1.29 is 4.39 Å². The lowest BCUT2D eigenvalue weighted by Gasteiger charge is -2.10. The zero-order chi connectivity index (χ0) is 14.5. The van der Waals surface area contributed by atoms with Gasteiger partial charge in [-0.3, -0.25) is 4.68 Å². The largest absolute Gasteiger partial charge is 0.310 e. The molecular weight excluding hydrogens is 277 g/mol. The third-order valence-corrected chi connectivity index (χ3v) is 3.55. The molecule has 0 amide bonds. The van der Waals surface area contributed by atoms with Crippen molar-refractivity contribution in [3.05, 3.63) is 52.6 Å². The second kappa shape index (κ2) is 6.86. The third kappa shape index (κ3) is 3.81. The van der Waals surface area contributed by atoms with Crippen molar-refractivity contribution in [1.29, 1.82) is 0 Å². The van der Waals surface area contributed by atoms with Gasteiger partial charge in [-0.1, -0.05) is 24.6 Å². The highest BCUT2D eigenvalue weighted by Crippen LogP contribution is 2.19. The van der Waals surface area contributed by atoms with Crippen LogP contribution in [0.3, 0.4) is 0 Å². The molecule has 1 aromatic carbocycles. The molecule has 0 aliphatic heterocycles. The Bertz CT molecular complexity index is 568. The predicted octanol–water partition coefficient (Wildman–Crippen LogP) is 3.78. The summed E-state index contributed by atoms with van der Waals surface area (Å²) in [7, 11) is 0. The van der Waals surface area contributed by atoms with Gasteiger partial charge < -0.3 is 5.32 Å². The highest BCUT2D eigenvalue weighted by Gasteiger charge is 2.08. The molecule has 20 heavy (non-hydrogen) atoms. The smallest absolute Gasteiger partial charge is 0.124 e. The summed E-state index contributed by atoms with van der Waals surface area (Å²) in [5.74, 6) is -0.322. The molecular formula is C15H19ClFN3. The first-order chi connectivity index (χ1) is 9.60. The van der Waals surface area contributed by atoms with Crippen LogP contribution in [0.2, 0.25) is 5.02 Å². The number of nitrogens with one attached hydrogen (secondary N) is 1. The Morgan fingerprint density at radius 2 is 2.25 bits per heavy atom. The summed E-state index contributed by atoms with van der Waals surface area (Å²) >= 11 is 6.02. The highest BCUT2D eigenvalue weighted by atomic mass is 35.5. The molecule has 3 nitrogen and oxygen atoms in total. The van der Waals surface area contributed by atoms with Crippen LogP contribution in [0.15, 0.2) is 30.6 Å². The van der Waals surface area contributed by atoms with E-state index in [2.05, 4.69) is 24.3 Å². The van der Waals surface area contributed by atoms with Gasteiger partial charge in [-0.25, -0.2) is 4.39 Å². The van der Waals surface area contributed by atoms with Crippen LogP contribution < -0.4 is 5.32 Å². The lowest BCUT2D eigenvalue weighted by molar-refractivity contribution is 0.569. The summed E-state index contributed by atoms with van der Waals surface area (Å²) in [4.78, 5) is 0. The van der Waals surface area contributed by atoms with Gasteiger partial charge in [0.2, 0.25) is 0 Å². The standard InChI is InChI=1S/C15H19ClFN3/c1-3-6-18-11(2)13-8-19-20(10-13)9-12-4-5-14(17)7-15(12)16/h4-5,7-8,10-11,18H,3,6,9H2,1-2H3. The lowest BCUT2D eigenvalue weighted by atomic mass is 10.2. The summed E-state index contributed by atoms with van der Waals surface area (Å²) in [6, 6.07) is 4.70. The molecule has 0 spiro atoms. The van der Waals surface area contributed by atoms with Crippen molar-refractivity contribution in [2.45, 2.75) is 32.9 Å². The second-order valence-corrected chi connectivity index (χ2v) is 5.29. The van der Waals surface area contributed by atoms with E-state index in [1.165, 1.54) is 12.1 Å². The van der Waals surface area contributed by atoms with Crippen LogP contribution in [-0.2, 0) is 6.54 Å². The fraction of sp³-hybridized carbons (Fsp3) is 0.400. The topological polar surface area (TPSA) is 29.9 Å². The van der Waals surface area contributed by atoms with Crippen LogP contribution in [0.4, 0.5) is 4.39 Å². The van der Waals surface area contributed by atoms with Gasteiger partial charge in [-0.2, -0.15) is 5.10 Å². The van der Waals surface area contributed by atoms with Gasteiger partial charge in [0.25, 0.3) is 0 Å². The number of aromatic nitrogens is 2. The summed E-state index contributed by atoms with van der Waals surface area (Å²) < 4.78 is 14.8. The quantitative estimate of drug-likeness (QED) is 0.879. The molecule has 2 rings (SSSR count). The van der Waals surface area contributed by atoms with E-state index >= 15 is 0 Å². The molecule has 0 aliphatic carbocycles. The summed E-state index contributed by atoms with van der Waals surface area (Å²) in [6.45, 7) is 5.78. The van der Waals surface area contributed by atoms with Gasteiger partial charge in [-0.15, -0.1) is 0 Å². The Morgan fingerprint density at radius 1 is 1.45 bits per heavy atom. The Morgan fingerprint density at radius 3 is 2.95 bits per heavy atom. The Hall–Kier alpha value is -1.39. The average Bonchev–Trinajstić information content (AvgIpc) is 2.88. The van der Waals surface area contributed by atoms with E-state index in [9.17, 15) is 4.39 Å². The zero-order valence-corrected chi connectivity index (χ0v) is 12.5. The van der Waals surface area contributed by atoms with Gasteiger partial charge in [-0.05, 0) is 37.6 Å². The zero-order valence-electron chi connectivity index (χ0n) is 11.7. The van der Waals surface area contributed by atoms with Crippen molar-refractivity contribution in [3.8, 4) is 0 Å². The first-order valence-electron chi connectivity index (χ1n) is 6.79. The molecule has 1 N–H and O–H groups in total. The molecule has 0 radical (unpaired) electrons. The van der Waals surface area contributed by atoms with E-state index in [4.69, 9.17) is 11.6 Å². The maximum absolute atomic E-state index is 13.0. The van der Waals surface area contributed by atoms with E-state index < -0.39 is 0 Å². The van der Waals surface area contributed by atoms with E-state index in [-0.39, 0.29) is 11.9 Å². The SMILES string of the molecule is CCCNC(C)c1cnn(Cc2ccc(F)cc2Cl)c1. The number of halogens is 2.